The van der Waals surface area contributed by atoms with E-state index in [4.69, 9.17) is 5.73 Å². The first kappa shape index (κ1) is 44.3. The Bertz CT molecular complexity index is 1570. The summed E-state index contributed by atoms with van der Waals surface area (Å²) < 4.78 is 12.6. The first-order valence-corrected chi connectivity index (χ1v) is 18.3. The van der Waals surface area contributed by atoms with Crippen molar-refractivity contribution in [3.8, 4) is 0 Å². The van der Waals surface area contributed by atoms with Gasteiger partial charge in [0.05, 0.1) is 11.7 Å². The zero-order valence-corrected chi connectivity index (χ0v) is 34.5. The van der Waals surface area contributed by atoms with Crippen LogP contribution in [0.15, 0.2) is 73.4 Å². The van der Waals surface area contributed by atoms with E-state index in [0.717, 1.165) is 10.6 Å². The number of rotatable bonds is 0. The lowest BCUT2D eigenvalue weighted by Crippen LogP contribution is -2.11. The molecule has 0 aliphatic carbocycles. The number of thiazole rings is 1. The molecule has 5 heterocycles. The van der Waals surface area contributed by atoms with E-state index in [0.29, 0.717) is 5.13 Å². The molecule has 0 radical (unpaired) electrons. The Morgan fingerprint density at radius 3 is 1.38 bits per heavy atom. The van der Waals surface area contributed by atoms with Crippen LogP contribution in [0.1, 0.15) is 130 Å². The van der Waals surface area contributed by atoms with Crippen LogP contribution in [0.3, 0.4) is 0 Å². The number of nitrogens with two attached hydrogens (primary N) is 1. The summed E-state index contributed by atoms with van der Waals surface area (Å²) in [7, 11) is 0. The number of aromatic nitrogens is 7. The third-order valence-corrected chi connectivity index (χ3v) is 9.16. The van der Waals surface area contributed by atoms with E-state index < -0.39 is 0 Å². The summed E-state index contributed by atoms with van der Waals surface area (Å²) in [6.07, 6.45) is 13.8. The molecule has 5 aromatic rings. The van der Waals surface area contributed by atoms with Crippen molar-refractivity contribution in [3.63, 3.8) is 0 Å². The van der Waals surface area contributed by atoms with Gasteiger partial charge >= 0.3 is 0 Å². The van der Waals surface area contributed by atoms with Crippen molar-refractivity contribution < 1.29 is 4.39 Å². The SMILES string of the molecule is CC(C)(C)c1cccnc1.CC(C)(C)c1cncc(F)c1.CC(C)(C)c1cncnc1.CC(C)(C)c1cncs1.CC(C)(C)c1nnc(N)s1. The molecule has 0 atom stereocenters. The molecule has 2 N–H and O–H groups in total. The van der Waals surface area contributed by atoms with Gasteiger partial charge in [0.25, 0.3) is 0 Å². The van der Waals surface area contributed by atoms with Gasteiger partial charge in [-0.15, -0.1) is 21.5 Å². The summed E-state index contributed by atoms with van der Waals surface area (Å²) in [6.45, 7) is 31.9. The molecule has 0 unspecified atom stereocenters. The van der Waals surface area contributed by atoms with Crippen LogP contribution in [0.5, 0.6) is 0 Å². The number of nitrogens with zero attached hydrogens (tertiary/aromatic N) is 7. The highest BCUT2D eigenvalue weighted by molar-refractivity contribution is 7.15. The molecule has 5 rings (SSSR count). The van der Waals surface area contributed by atoms with Crippen molar-refractivity contribution in [3.05, 3.63) is 106 Å². The molecule has 0 saturated heterocycles. The molecular weight excluding hydrogens is 664 g/mol. The van der Waals surface area contributed by atoms with Crippen LogP contribution in [0.25, 0.3) is 0 Å². The fourth-order valence-corrected chi connectivity index (χ4v) is 4.82. The van der Waals surface area contributed by atoms with Gasteiger partial charge in [-0.3, -0.25) is 15.0 Å². The minimum Gasteiger partial charge on any atom is -0.374 e. The molecule has 11 heteroatoms. The Labute approximate surface area is 308 Å². The summed E-state index contributed by atoms with van der Waals surface area (Å²) in [5.41, 5.74) is 11.4. The maximum absolute atomic E-state index is 12.6. The van der Waals surface area contributed by atoms with Gasteiger partial charge < -0.3 is 5.73 Å². The number of anilines is 1. The van der Waals surface area contributed by atoms with Crippen molar-refractivity contribution in [2.45, 2.75) is 131 Å². The monoisotopic (exact) mass is 722 g/mol. The van der Waals surface area contributed by atoms with E-state index in [-0.39, 0.29) is 32.9 Å². The smallest absolute Gasteiger partial charge is 0.203 e. The second-order valence-corrected chi connectivity index (χ2v) is 18.7. The van der Waals surface area contributed by atoms with Gasteiger partial charge in [0, 0.05) is 47.5 Å². The summed E-state index contributed by atoms with van der Waals surface area (Å²) in [5.74, 6) is -0.266. The second kappa shape index (κ2) is 19.1. The van der Waals surface area contributed by atoms with Crippen LogP contribution in [-0.2, 0) is 27.1 Å². The Morgan fingerprint density at radius 2 is 1.10 bits per heavy atom. The normalized spacial score (nSPS) is 11.7. The van der Waals surface area contributed by atoms with Gasteiger partial charge in [-0.1, -0.05) is 121 Å². The minimum atomic E-state index is -0.266. The lowest BCUT2D eigenvalue weighted by molar-refractivity contribution is 0.566. The molecular formula is C39H59FN8S2. The molecule has 274 valence electrons. The van der Waals surface area contributed by atoms with Gasteiger partial charge in [-0.25, -0.2) is 14.4 Å². The van der Waals surface area contributed by atoms with Gasteiger partial charge in [0.2, 0.25) is 5.13 Å². The molecule has 0 amide bonds. The van der Waals surface area contributed by atoms with E-state index in [1.54, 1.807) is 30.1 Å². The van der Waals surface area contributed by atoms with Crippen molar-refractivity contribution in [2.24, 2.45) is 0 Å². The van der Waals surface area contributed by atoms with Crippen LogP contribution < -0.4 is 5.73 Å². The Kier molecular flexibility index (Phi) is 16.9. The predicted octanol–water partition coefficient (Wildman–Crippen LogP) is 10.5. The highest BCUT2D eigenvalue weighted by atomic mass is 32.1. The molecule has 0 fully saturated rings. The Hall–Kier alpha value is -3.70. The first-order valence-electron chi connectivity index (χ1n) is 16.6. The van der Waals surface area contributed by atoms with E-state index in [2.05, 4.69) is 124 Å². The molecule has 0 spiro atoms. The van der Waals surface area contributed by atoms with E-state index >= 15 is 0 Å². The zero-order valence-electron chi connectivity index (χ0n) is 32.8. The fraction of sp³-hybridized carbons (Fsp3) is 0.513. The molecule has 0 aromatic carbocycles. The maximum atomic E-state index is 12.6. The van der Waals surface area contributed by atoms with Crippen LogP contribution in [-0.4, -0.2) is 35.1 Å². The molecule has 50 heavy (non-hydrogen) atoms. The highest BCUT2D eigenvalue weighted by Gasteiger charge is 2.18. The van der Waals surface area contributed by atoms with Gasteiger partial charge in [-0.2, -0.15) is 0 Å². The number of hydrogen-bond acceptors (Lipinski definition) is 10. The standard InChI is InChI=1S/C9H12FN.C9H13N.C8H12N2.C7H11NS.C6H11N3S/c1-9(2,3)7-4-8(10)6-11-5-7;1-9(2,3)8-5-4-6-10-7-8;1-8(2,3)7-4-9-6-10-5-7;1-7(2,3)6-4-8-5-9-6;1-6(2,3)4-8-9-5(7)10-4/h4-6H,1-3H3;4-7H,1-3H3;4-6H,1-3H3;4-5H,1-3H3;1-3H3,(H2,7,9). The van der Waals surface area contributed by atoms with E-state index in [9.17, 15) is 4.39 Å². The number of halogens is 1. The summed E-state index contributed by atoms with van der Waals surface area (Å²) >= 11 is 3.17. The first-order chi connectivity index (χ1) is 22.8. The maximum Gasteiger partial charge on any atom is 0.203 e. The molecule has 8 nitrogen and oxygen atoms in total. The van der Waals surface area contributed by atoms with Crippen molar-refractivity contribution >= 4 is 27.8 Å². The van der Waals surface area contributed by atoms with E-state index in [1.807, 2.05) is 57.1 Å². The number of nitrogen functional groups attached to an aromatic ring is 1. The van der Waals surface area contributed by atoms with Crippen LogP contribution in [0.2, 0.25) is 0 Å². The van der Waals surface area contributed by atoms with Crippen LogP contribution in [0.4, 0.5) is 9.52 Å². The van der Waals surface area contributed by atoms with Crippen molar-refractivity contribution in [1.82, 2.24) is 35.1 Å². The van der Waals surface area contributed by atoms with Crippen LogP contribution in [0, 0.1) is 5.82 Å². The number of pyridine rings is 2. The molecule has 5 aromatic heterocycles. The lowest BCUT2D eigenvalue weighted by atomic mass is 9.88. The molecule has 0 bridgehead atoms. The lowest BCUT2D eigenvalue weighted by Gasteiger charge is -2.17. The van der Waals surface area contributed by atoms with Gasteiger partial charge in [0.15, 0.2) is 0 Å². The summed E-state index contributed by atoms with van der Waals surface area (Å²) in [6, 6.07) is 5.60. The molecule has 0 aliphatic heterocycles. The Balaban J connectivity index is 0.000000313. The minimum absolute atomic E-state index is 0.0188. The van der Waals surface area contributed by atoms with Gasteiger partial charge in [-0.05, 0) is 50.5 Å². The summed E-state index contributed by atoms with van der Waals surface area (Å²) in [4.78, 5) is 21.1. The quantitative estimate of drug-likeness (QED) is 0.168. The Morgan fingerprint density at radius 1 is 0.560 bits per heavy atom. The highest BCUT2D eigenvalue weighted by Crippen LogP contribution is 2.26. The largest absolute Gasteiger partial charge is 0.374 e. The average molecular weight is 723 g/mol. The fourth-order valence-electron chi connectivity index (χ4n) is 3.44. The zero-order chi connectivity index (χ0) is 38.4. The third-order valence-electron chi connectivity index (χ3n) is 6.78. The van der Waals surface area contributed by atoms with Crippen LogP contribution >= 0.6 is 22.7 Å². The second-order valence-electron chi connectivity index (χ2n) is 16.8. The van der Waals surface area contributed by atoms with Crippen molar-refractivity contribution in [2.75, 3.05) is 5.73 Å². The average Bonchev–Trinajstić information content (AvgIpc) is 3.71. The van der Waals surface area contributed by atoms with E-state index in [1.165, 1.54) is 39.6 Å². The van der Waals surface area contributed by atoms with Gasteiger partial charge in [0.1, 0.15) is 17.2 Å². The molecule has 0 aliphatic rings. The number of hydrogen-bond donors (Lipinski definition) is 1. The third kappa shape index (κ3) is 17.8. The topological polar surface area (TPSA) is 116 Å². The summed E-state index contributed by atoms with van der Waals surface area (Å²) in [5, 5.41) is 9.20. The predicted molar refractivity (Wildman–Crippen MR) is 210 cm³/mol. The van der Waals surface area contributed by atoms with Crippen molar-refractivity contribution in [1.29, 1.82) is 0 Å². The molecule has 0 saturated carbocycles.